The Balaban J connectivity index is 1.87. The summed E-state index contributed by atoms with van der Waals surface area (Å²) in [6, 6.07) is 11.0. The molecule has 4 heteroatoms. The van der Waals surface area contributed by atoms with E-state index in [4.69, 9.17) is 19.6 Å². The molecule has 1 unspecified atom stereocenters. The van der Waals surface area contributed by atoms with E-state index >= 15 is 0 Å². The molecule has 0 spiro atoms. The van der Waals surface area contributed by atoms with Gasteiger partial charge in [0.15, 0.2) is 0 Å². The van der Waals surface area contributed by atoms with Crippen molar-refractivity contribution in [2.45, 2.75) is 19.9 Å². The smallest absolute Gasteiger partial charge is 0.124 e. The summed E-state index contributed by atoms with van der Waals surface area (Å²) in [4.78, 5) is 0. The highest BCUT2D eigenvalue weighted by molar-refractivity contribution is 5.31. The molecule has 1 aromatic carbocycles. The molecule has 0 amide bonds. The van der Waals surface area contributed by atoms with Crippen LogP contribution in [0.1, 0.15) is 24.5 Å². The molecule has 2 rings (SSSR count). The SMILES string of the molecule is CCOc1ccc(OCC(N)c2ccc(C)o2)cc1. The monoisotopic (exact) mass is 261 g/mol. The number of nitrogens with two attached hydrogens (primary N) is 1. The van der Waals surface area contributed by atoms with E-state index in [1.807, 2.05) is 50.2 Å². The molecule has 1 aromatic heterocycles. The molecule has 1 atom stereocenters. The van der Waals surface area contributed by atoms with E-state index in [2.05, 4.69) is 0 Å². The lowest BCUT2D eigenvalue weighted by molar-refractivity contribution is 0.270. The van der Waals surface area contributed by atoms with Crippen LogP contribution in [0.2, 0.25) is 0 Å². The molecule has 0 bridgehead atoms. The molecule has 4 nitrogen and oxygen atoms in total. The Kier molecular flexibility index (Phi) is 4.47. The lowest BCUT2D eigenvalue weighted by atomic mass is 10.2. The Hall–Kier alpha value is -1.94. The van der Waals surface area contributed by atoms with Gasteiger partial charge in [-0.25, -0.2) is 0 Å². The van der Waals surface area contributed by atoms with E-state index in [0.29, 0.717) is 13.2 Å². The first-order chi connectivity index (χ1) is 9.19. The normalized spacial score (nSPS) is 12.2. The fourth-order valence-electron chi connectivity index (χ4n) is 1.72. The van der Waals surface area contributed by atoms with E-state index in [1.54, 1.807) is 0 Å². The standard InChI is InChI=1S/C15H19NO3/c1-3-17-12-5-7-13(8-6-12)18-10-14(16)15-9-4-11(2)19-15/h4-9,14H,3,10,16H2,1-2H3. The molecule has 0 saturated heterocycles. The van der Waals surface area contributed by atoms with Gasteiger partial charge in [0.25, 0.3) is 0 Å². The third-order valence-corrected chi connectivity index (χ3v) is 2.69. The average Bonchev–Trinajstić information content (AvgIpc) is 2.85. The minimum absolute atomic E-state index is 0.264. The van der Waals surface area contributed by atoms with Crippen LogP contribution in [0.25, 0.3) is 0 Å². The van der Waals surface area contributed by atoms with Crippen molar-refractivity contribution in [3.8, 4) is 11.5 Å². The summed E-state index contributed by atoms with van der Waals surface area (Å²) in [6.45, 7) is 4.88. The first-order valence-corrected chi connectivity index (χ1v) is 6.36. The molecule has 19 heavy (non-hydrogen) atoms. The van der Waals surface area contributed by atoms with E-state index < -0.39 is 0 Å². The summed E-state index contributed by atoms with van der Waals surface area (Å²) in [5.41, 5.74) is 5.99. The highest BCUT2D eigenvalue weighted by atomic mass is 16.5. The maximum absolute atomic E-state index is 5.99. The van der Waals surface area contributed by atoms with Crippen molar-refractivity contribution in [2.24, 2.45) is 5.73 Å². The third kappa shape index (κ3) is 3.76. The van der Waals surface area contributed by atoms with Gasteiger partial charge in [-0.1, -0.05) is 0 Å². The summed E-state index contributed by atoms with van der Waals surface area (Å²) < 4.78 is 16.4. The molecule has 0 saturated carbocycles. The van der Waals surface area contributed by atoms with Gasteiger partial charge in [-0.15, -0.1) is 0 Å². The summed E-state index contributed by atoms with van der Waals surface area (Å²) in [7, 11) is 0. The molecule has 0 radical (unpaired) electrons. The van der Waals surface area contributed by atoms with E-state index in [0.717, 1.165) is 23.0 Å². The number of furan rings is 1. The second kappa shape index (κ2) is 6.29. The quantitative estimate of drug-likeness (QED) is 0.868. The van der Waals surface area contributed by atoms with Crippen LogP contribution in [0.4, 0.5) is 0 Å². The highest BCUT2D eigenvalue weighted by Crippen LogP contribution is 2.20. The Morgan fingerprint density at radius 3 is 2.21 bits per heavy atom. The molecule has 2 aromatic rings. The van der Waals surface area contributed by atoms with Gasteiger partial charge in [-0.05, 0) is 50.2 Å². The Morgan fingerprint density at radius 1 is 1.05 bits per heavy atom. The van der Waals surface area contributed by atoms with Crippen molar-refractivity contribution in [3.05, 3.63) is 47.9 Å². The van der Waals surface area contributed by atoms with E-state index in [-0.39, 0.29) is 6.04 Å². The van der Waals surface area contributed by atoms with Gasteiger partial charge in [0, 0.05) is 0 Å². The third-order valence-electron chi connectivity index (χ3n) is 2.69. The fourth-order valence-corrected chi connectivity index (χ4v) is 1.72. The minimum atomic E-state index is -0.264. The summed E-state index contributed by atoms with van der Waals surface area (Å²) in [5.74, 6) is 3.19. The van der Waals surface area contributed by atoms with Crippen LogP contribution in [0.3, 0.4) is 0 Å². The maximum atomic E-state index is 5.99. The molecule has 0 aliphatic heterocycles. The Morgan fingerprint density at radius 2 is 1.68 bits per heavy atom. The van der Waals surface area contributed by atoms with Gasteiger partial charge in [-0.2, -0.15) is 0 Å². The lowest BCUT2D eigenvalue weighted by Gasteiger charge is -2.11. The van der Waals surface area contributed by atoms with Crippen LogP contribution in [0.5, 0.6) is 11.5 Å². The zero-order valence-corrected chi connectivity index (χ0v) is 11.3. The topological polar surface area (TPSA) is 57.6 Å². The second-order valence-corrected chi connectivity index (χ2v) is 4.27. The zero-order valence-electron chi connectivity index (χ0n) is 11.3. The molecule has 0 fully saturated rings. The second-order valence-electron chi connectivity index (χ2n) is 4.27. The van der Waals surface area contributed by atoms with Gasteiger partial charge in [0.2, 0.25) is 0 Å². The molecule has 0 aliphatic carbocycles. The zero-order chi connectivity index (χ0) is 13.7. The molecular weight excluding hydrogens is 242 g/mol. The predicted molar refractivity (Wildman–Crippen MR) is 73.5 cm³/mol. The average molecular weight is 261 g/mol. The number of benzene rings is 1. The first-order valence-electron chi connectivity index (χ1n) is 6.36. The van der Waals surface area contributed by atoms with Crippen molar-refractivity contribution in [1.29, 1.82) is 0 Å². The Labute approximate surface area is 113 Å². The van der Waals surface area contributed by atoms with Gasteiger partial charge in [0.1, 0.15) is 29.6 Å². The Bertz CT molecular complexity index is 504. The van der Waals surface area contributed by atoms with Crippen LogP contribution in [-0.4, -0.2) is 13.2 Å². The lowest BCUT2D eigenvalue weighted by Crippen LogP contribution is -2.18. The number of ether oxygens (including phenoxy) is 2. The summed E-state index contributed by atoms with van der Waals surface area (Å²) in [6.07, 6.45) is 0. The number of hydrogen-bond donors (Lipinski definition) is 1. The first kappa shape index (κ1) is 13.5. The minimum Gasteiger partial charge on any atom is -0.494 e. The fraction of sp³-hybridized carbons (Fsp3) is 0.333. The van der Waals surface area contributed by atoms with Gasteiger partial charge in [-0.3, -0.25) is 0 Å². The van der Waals surface area contributed by atoms with Crippen molar-refractivity contribution >= 4 is 0 Å². The van der Waals surface area contributed by atoms with Crippen LogP contribution >= 0.6 is 0 Å². The number of hydrogen-bond acceptors (Lipinski definition) is 4. The largest absolute Gasteiger partial charge is 0.494 e. The highest BCUT2D eigenvalue weighted by Gasteiger charge is 2.10. The maximum Gasteiger partial charge on any atom is 0.124 e. The summed E-state index contributed by atoms with van der Waals surface area (Å²) in [5, 5.41) is 0. The number of rotatable bonds is 6. The molecule has 102 valence electrons. The summed E-state index contributed by atoms with van der Waals surface area (Å²) >= 11 is 0. The van der Waals surface area contributed by atoms with E-state index in [1.165, 1.54) is 0 Å². The predicted octanol–water partition coefficient (Wildman–Crippen LogP) is 3.07. The van der Waals surface area contributed by atoms with Crippen molar-refractivity contribution in [3.63, 3.8) is 0 Å². The van der Waals surface area contributed by atoms with Crippen LogP contribution in [-0.2, 0) is 0 Å². The van der Waals surface area contributed by atoms with Gasteiger partial charge >= 0.3 is 0 Å². The number of aryl methyl sites for hydroxylation is 1. The molecule has 2 N–H and O–H groups in total. The van der Waals surface area contributed by atoms with Crippen molar-refractivity contribution < 1.29 is 13.9 Å². The van der Waals surface area contributed by atoms with Crippen molar-refractivity contribution in [1.82, 2.24) is 0 Å². The van der Waals surface area contributed by atoms with Gasteiger partial charge < -0.3 is 19.6 Å². The van der Waals surface area contributed by atoms with Gasteiger partial charge in [0.05, 0.1) is 12.6 Å². The van der Waals surface area contributed by atoms with Crippen LogP contribution in [0, 0.1) is 6.92 Å². The van der Waals surface area contributed by atoms with Crippen molar-refractivity contribution in [2.75, 3.05) is 13.2 Å². The van der Waals surface area contributed by atoms with E-state index in [9.17, 15) is 0 Å². The molecule has 0 aliphatic rings. The molecule has 1 heterocycles. The van der Waals surface area contributed by atoms with Crippen LogP contribution in [0.15, 0.2) is 40.8 Å². The molecular formula is C15H19NO3. The van der Waals surface area contributed by atoms with Crippen LogP contribution < -0.4 is 15.2 Å².